The number of hydrogen-bond acceptors (Lipinski definition) is 2. The molecule has 4 heteroatoms. The van der Waals surface area contributed by atoms with Crippen molar-refractivity contribution < 1.29 is 4.39 Å². The molecule has 4 heterocycles. The minimum atomic E-state index is -0.225. The molecule has 2 aliphatic rings. The van der Waals surface area contributed by atoms with Gasteiger partial charge in [0.25, 0.3) is 0 Å². The zero-order valence-electron chi connectivity index (χ0n) is 15.7. The molecule has 5 rings (SSSR count). The van der Waals surface area contributed by atoms with Crippen LogP contribution in [0.1, 0.15) is 18.4 Å². The summed E-state index contributed by atoms with van der Waals surface area (Å²) in [6, 6.07) is 11.3. The first-order chi connectivity index (χ1) is 13.7. The number of rotatable bonds is 3. The number of benzene rings is 1. The summed E-state index contributed by atoms with van der Waals surface area (Å²) in [7, 11) is 0. The first-order valence-electron chi connectivity index (χ1n) is 9.67. The average molecular weight is 371 g/mol. The molecular weight excluding hydrogens is 349 g/mol. The molecule has 2 aromatic heterocycles. The first-order valence-corrected chi connectivity index (χ1v) is 9.67. The lowest BCUT2D eigenvalue weighted by Crippen LogP contribution is -2.32. The second-order valence-electron chi connectivity index (χ2n) is 7.67. The zero-order valence-corrected chi connectivity index (χ0v) is 15.7. The Bertz CT molecular complexity index is 1050. The van der Waals surface area contributed by atoms with Crippen molar-refractivity contribution in [2.45, 2.75) is 18.9 Å². The number of fused-ring (bicyclic) bond motifs is 1. The Morgan fingerprint density at radius 2 is 1.82 bits per heavy atom. The van der Waals surface area contributed by atoms with Gasteiger partial charge in [0.2, 0.25) is 0 Å². The van der Waals surface area contributed by atoms with E-state index in [0.717, 1.165) is 48.3 Å². The van der Waals surface area contributed by atoms with Crippen LogP contribution in [0.3, 0.4) is 0 Å². The van der Waals surface area contributed by atoms with Gasteiger partial charge in [-0.05, 0) is 65.9 Å². The van der Waals surface area contributed by atoms with Crippen LogP contribution in [0.25, 0.3) is 28.0 Å². The number of halogens is 1. The normalized spacial score (nSPS) is 19.5. The maximum atomic E-state index is 13.4. The molecular formula is C24H22FN3. The van der Waals surface area contributed by atoms with Gasteiger partial charge < -0.3 is 4.98 Å². The maximum Gasteiger partial charge on any atom is 0.123 e. The summed E-state index contributed by atoms with van der Waals surface area (Å²) >= 11 is 0. The third-order valence-corrected chi connectivity index (χ3v) is 5.82. The van der Waals surface area contributed by atoms with Crippen molar-refractivity contribution in [3.8, 4) is 22.4 Å². The number of hydrogen-bond donors (Lipinski definition) is 1. The van der Waals surface area contributed by atoms with Crippen LogP contribution in [0, 0.1) is 5.82 Å². The highest BCUT2D eigenvalue weighted by Crippen LogP contribution is 2.41. The van der Waals surface area contributed by atoms with E-state index in [9.17, 15) is 4.39 Å². The van der Waals surface area contributed by atoms with Crippen molar-refractivity contribution in [1.82, 2.24) is 14.9 Å². The summed E-state index contributed by atoms with van der Waals surface area (Å²) in [4.78, 5) is 10.1. The van der Waals surface area contributed by atoms with Crippen LogP contribution in [-0.2, 0) is 0 Å². The van der Waals surface area contributed by atoms with Crippen LogP contribution in [0.5, 0.6) is 0 Å². The number of pyridine rings is 1. The van der Waals surface area contributed by atoms with Gasteiger partial charge in [0.1, 0.15) is 5.82 Å². The van der Waals surface area contributed by atoms with Crippen LogP contribution < -0.4 is 0 Å². The highest BCUT2D eigenvalue weighted by atomic mass is 19.1. The van der Waals surface area contributed by atoms with E-state index in [2.05, 4.69) is 33.7 Å². The van der Waals surface area contributed by atoms with Gasteiger partial charge in [0.15, 0.2) is 0 Å². The number of H-pyrrole nitrogens is 1. The Kier molecular flexibility index (Phi) is 4.21. The molecule has 140 valence electrons. The lowest BCUT2D eigenvalue weighted by atomic mass is 9.89. The van der Waals surface area contributed by atoms with Gasteiger partial charge in [-0.3, -0.25) is 9.88 Å². The van der Waals surface area contributed by atoms with Crippen molar-refractivity contribution in [3.63, 3.8) is 0 Å². The van der Waals surface area contributed by atoms with Gasteiger partial charge in [0.05, 0.1) is 5.69 Å². The topological polar surface area (TPSA) is 31.9 Å². The van der Waals surface area contributed by atoms with E-state index in [0.29, 0.717) is 6.04 Å². The molecule has 1 N–H and O–H groups in total. The number of aromatic amines is 1. The van der Waals surface area contributed by atoms with Gasteiger partial charge in [-0.1, -0.05) is 18.2 Å². The highest BCUT2D eigenvalue weighted by Gasteiger charge is 2.31. The van der Waals surface area contributed by atoms with Crippen LogP contribution >= 0.6 is 0 Å². The van der Waals surface area contributed by atoms with Gasteiger partial charge >= 0.3 is 0 Å². The van der Waals surface area contributed by atoms with Crippen molar-refractivity contribution >= 4 is 5.57 Å². The fourth-order valence-electron chi connectivity index (χ4n) is 4.48. The molecule has 1 atom stereocenters. The maximum absolute atomic E-state index is 13.4. The zero-order chi connectivity index (χ0) is 19.1. The second-order valence-corrected chi connectivity index (χ2v) is 7.67. The summed E-state index contributed by atoms with van der Waals surface area (Å²) in [5, 5.41) is 0. The van der Waals surface area contributed by atoms with Gasteiger partial charge in [-0.15, -0.1) is 0 Å². The molecule has 0 amide bonds. The van der Waals surface area contributed by atoms with Gasteiger partial charge in [-0.25, -0.2) is 4.39 Å². The fourth-order valence-corrected chi connectivity index (χ4v) is 4.48. The van der Waals surface area contributed by atoms with Crippen LogP contribution in [0.15, 0.2) is 73.2 Å². The standard InChI is InChI=1S/C24H22FN3/c1-16-12-21-13-19(8-11-28(21)15-16)22-14-27-24(18-2-4-20(25)5-3-18)23(22)17-6-9-26-10-7-17/h2-10,14,21,27H,1,11-13,15H2/t21-/m0/s1. The summed E-state index contributed by atoms with van der Waals surface area (Å²) in [5.41, 5.74) is 8.19. The Hall–Kier alpha value is -2.98. The first kappa shape index (κ1) is 17.1. The largest absolute Gasteiger partial charge is 0.360 e. The third kappa shape index (κ3) is 3.00. The van der Waals surface area contributed by atoms with Crippen LogP contribution in [0.4, 0.5) is 4.39 Å². The van der Waals surface area contributed by atoms with E-state index in [1.807, 2.05) is 36.7 Å². The molecule has 3 aromatic rings. The number of aromatic nitrogens is 2. The summed E-state index contributed by atoms with van der Waals surface area (Å²) in [6.45, 7) is 6.16. The quantitative estimate of drug-likeness (QED) is 0.634. The smallest absolute Gasteiger partial charge is 0.123 e. The van der Waals surface area contributed by atoms with E-state index in [4.69, 9.17) is 0 Å². The Balaban J connectivity index is 1.61. The molecule has 2 aliphatic heterocycles. The minimum absolute atomic E-state index is 0.225. The predicted molar refractivity (Wildman–Crippen MR) is 111 cm³/mol. The summed E-state index contributed by atoms with van der Waals surface area (Å²) in [6.07, 6.45) is 10.2. The van der Waals surface area contributed by atoms with Crippen LogP contribution in [0.2, 0.25) is 0 Å². The Morgan fingerprint density at radius 3 is 2.61 bits per heavy atom. The molecule has 0 aliphatic carbocycles. The molecule has 1 saturated heterocycles. The Morgan fingerprint density at radius 1 is 1.04 bits per heavy atom. The molecule has 0 spiro atoms. The van der Waals surface area contributed by atoms with Crippen molar-refractivity contribution in [2.24, 2.45) is 0 Å². The highest BCUT2D eigenvalue weighted by molar-refractivity contribution is 5.91. The third-order valence-electron chi connectivity index (χ3n) is 5.82. The van der Waals surface area contributed by atoms with E-state index < -0.39 is 0 Å². The molecule has 3 nitrogen and oxygen atoms in total. The van der Waals surface area contributed by atoms with Crippen molar-refractivity contribution in [2.75, 3.05) is 13.1 Å². The van der Waals surface area contributed by atoms with E-state index in [1.165, 1.54) is 28.8 Å². The molecule has 0 bridgehead atoms. The molecule has 28 heavy (non-hydrogen) atoms. The van der Waals surface area contributed by atoms with E-state index in [-0.39, 0.29) is 5.82 Å². The van der Waals surface area contributed by atoms with E-state index in [1.54, 1.807) is 0 Å². The molecule has 0 radical (unpaired) electrons. The summed E-state index contributed by atoms with van der Waals surface area (Å²) in [5.74, 6) is -0.225. The van der Waals surface area contributed by atoms with Gasteiger partial charge in [0, 0.05) is 48.8 Å². The predicted octanol–water partition coefficient (Wildman–Crippen LogP) is 5.30. The number of nitrogens with zero attached hydrogens (tertiary/aromatic N) is 2. The van der Waals surface area contributed by atoms with Crippen molar-refractivity contribution in [1.29, 1.82) is 0 Å². The molecule has 1 aromatic carbocycles. The van der Waals surface area contributed by atoms with Crippen molar-refractivity contribution in [3.05, 3.63) is 84.6 Å². The number of nitrogens with one attached hydrogen (secondary N) is 1. The lowest BCUT2D eigenvalue weighted by molar-refractivity contribution is 0.277. The lowest BCUT2D eigenvalue weighted by Gasteiger charge is -2.29. The second kappa shape index (κ2) is 6.88. The summed E-state index contributed by atoms with van der Waals surface area (Å²) < 4.78 is 13.4. The van der Waals surface area contributed by atoms with Crippen LogP contribution in [-0.4, -0.2) is 34.0 Å². The average Bonchev–Trinajstić information content (AvgIpc) is 3.31. The van der Waals surface area contributed by atoms with E-state index >= 15 is 0 Å². The minimum Gasteiger partial charge on any atom is -0.360 e. The molecule has 0 saturated carbocycles. The monoisotopic (exact) mass is 371 g/mol. The Labute approximate surface area is 164 Å². The molecule has 0 unspecified atom stereocenters. The fraction of sp³-hybridized carbons (Fsp3) is 0.208. The molecule has 1 fully saturated rings. The van der Waals surface area contributed by atoms with Gasteiger partial charge in [-0.2, -0.15) is 0 Å². The SMILES string of the molecule is C=C1C[C@H]2CC(c3c[nH]c(-c4ccc(F)cc4)c3-c3ccncc3)=CCN2C1.